The first-order chi connectivity index (χ1) is 20.6. The Morgan fingerprint density at radius 3 is 2.42 bits per heavy atom. The molecule has 3 saturated heterocycles. The molecule has 1 aromatic carbocycles. The van der Waals surface area contributed by atoms with Crippen LogP contribution in [0.4, 0.5) is 26.9 Å². The van der Waals surface area contributed by atoms with Crippen LogP contribution in [0.5, 0.6) is 0 Å². The lowest BCUT2D eigenvalue weighted by Gasteiger charge is -2.37. The molecule has 1 saturated carbocycles. The third kappa shape index (κ3) is 6.19. The predicted octanol–water partition coefficient (Wildman–Crippen LogP) is 4.79. The maximum absolute atomic E-state index is 12.6. The number of likely N-dealkylation sites (N-methyl/N-ethyl adjacent to an activating group) is 1. The van der Waals surface area contributed by atoms with Crippen molar-refractivity contribution in [2.75, 3.05) is 56.5 Å². The van der Waals surface area contributed by atoms with E-state index < -0.39 is 5.60 Å². The van der Waals surface area contributed by atoms with Gasteiger partial charge in [0.05, 0.1) is 12.2 Å². The first-order valence-corrected chi connectivity index (χ1v) is 15.5. The highest BCUT2D eigenvalue weighted by atomic mass is 16.6. The highest BCUT2D eigenvalue weighted by molar-refractivity contribution is 5.76. The van der Waals surface area contributed by atoms with Crippen LogP contribution < -0.4 is 10.2 Å². The van der Waals surface area contributed by atoms with Gasteiger partial charge >= 0.3 is 12.1 Å². The minimum Gasteiger partial charge on any atom is -0.444 e. The van der Waals surface area contributed by atoms with Gasteiger partial charge < -0.3 is 29.7 Å². The Bertz CT molecular complexity index is 1390. The van der Waals surface area contributed by atoms with E-state index in [1.807, 2.05) is 49.8 Å². The number of hydrogen-bond donors (Lipinski definition) is 1. The summed E-state index contributed by atoms with van der Waals surface area (Å²) in [7, 11) is 1.85. The lowest BCUT2D eigenvalue weighted by atomic mass is 9.95. The molecule has 0 spiro atoms. The molecular weight excluding hydrogens is 544 g/mol. The van der Waals surface area contributed by atoms with Crippen LogP contribution in [0.1, 0.15) is 63.6 Å². The van der Waals surface area contributed by atoms with Crippen LogP contribution in [0.15, 0.2) is 30.5 Å². The zero-order valence-corrected chi connectivity index (χ0v) is 25.6. The normalized spacial score (nSPS) is 25.6. The number of nitriles is 1. The van der Waals surface area contributed by atoms with E-state index in [4.69, 9.17) is 9.72 Å². The van der Waals surface area contributed by atoms with Crippen LogP contribution in [0.3, 0.4) is 0 Å². The van der Waals surface area contributed by atoms with Gasteiger partial charge in [-0.25, -0.2) is 19.6 Å². The van der Waals surface area contributed by atoms with Gasteiger partial charge in [0.2, 0.25) is 0 Å². The van der Waals surface area contributed by atoms with Gasteiger partial charge in [0.15, 0.2) is 11.5 Å². The number of fused-ring (bicyclic) bond motifs is 1. The SMILES string of the molecule is CN1CCN(C2CCCN(c3cnc(C#N)c(Nc4ccc(C5C[C@@H]6CN(C(=O)OC(C)(C)C)C[C@@H]6C5)cc4)n3)C2)C1=O. The average molecular weight is 587 g/mol. The number of nitrogens with one attached hydrogen (secondary N) is 1. The lowest BCUT2D eigenvalue weighted by molar-refractivity contribution is 0.0279. The van der Waals surface area contributed by atoms with Crippen molar-refractivity contribution in [2.45, 2.75) is 64.0 Å². The third-order valence-electron chi connectivity index (χ3n) is 9.32. The molecule has 2 unspecified atom stereocenters. The van der Waals surface area contributed by atoms with E-state index in [1.54, 1.807) is 11.1 Å². The minimum atomic E-state index is -0.475. The topological polar surface area (TPSA) is 118 Å². The quantitative estimate of drug-likeness (QED) is 0.532. The smallest absolute Gasteiger partial charge is 0.410 e. The Kier molecular flexibility index (Phi) is 7.79. The molecule has 4 heterocycles. The van der Waals surface area contributed by atoms with Crippen molar-refractivity contribution in [2.24, 2.45) is 11.8 Å². The number of amides is 3. The second kappa shape index (κ2) is 11.5. The molecule has 0 bridgehead atoms. The number of nitrogens with zero attached hydrogens (tertiary/aromatic N) is 7. The number of carbonyl (C=O) groups is 2. The van der Waals surface area contributed by atoms with Crippen molar-refractivity contribution in [3.05, 3.63) is 41.7 Å². The number of anilines is 3. The molecule has 43 heavy (non-hydrogen) atoms. The molecule has 1 aliphatic carbocycles. The number of urea groups is 1. The van der Waals surface area contributed by atoms with Crippen LogP contribution in [-0.2, 0) is 4.74 Å². The van der Waals surface area contributed by atoms with Gasteiger partial charge in [-0.05, 0) is 81.9 Å². The van der Waals surface area contributed by atoms with E-state index in [1.165, 1.54) is 5.56 Å². The van der Waals surface area contributed by atoms with E-state index >= 15 is 0 Å². The molecule has 2 aromatic rings. The predicted molar refractivity (Wildman–Crippen MR) is 163 cm³/mol. The van der Waals surface area contributed by atoms with Crippen LogP contribution in [-0.4, -0.2) is 94.8 Å². The van der Waals surface area contributed by atoms with Gasteiger partial charge in [-0.3, -0.25) is 0 Å². The summed E-state index contributed by atoms with van der Waals surface area (Å²) in [6.07, 6.45) is 5.53. The third-order valence-corrected chi connectivity index (χ3v) is 9.32. The fourth-order valence-corrected chi connectivity index (χ4v) is 7.15. The zero-order chi connectivity index (χ0) is 30.3. The highest BCUT2D eigenvalue weighted by Gasteiger charge is 2.43. The second-order valence-corrected chi connectivity index (χ2v) is 13.5. The molecule has 3 amide bonds. The summed E-state index contributed by atoms with van der Waals surface area (Å²) in [5.74, 6) is 2.62. The molecule has 228 valence electrons. The van der Waals surface area contributed by atoms with Crippen molar-refractivity contribution in [1.82, 2.24) is 24.7 Å². The van der Waals surface area contributed by atoms with Crippen LogP contribution in [0, 0.1) is 23.2 Å². The summed E-state index contributed by atoms with van der Waals surface area (Å²) in [6, 6.07) is 10.8. The summed E-state index contributed by atoms with van der Waals surface area (Å²) in [6.45, 7) is 10.3. The number of hydrogen-bond acceptors (Lipinski definition) is 8. The molecule has 4 fully saturated rings. The number of piperidine rings is 1. The van der Waals surface area contributed by atoms with E-state index in [-0.39, 0.29) is 23.9 Å². The van der Waals surface area contributed by atoms with Crippen LogP contribution >= 0.6 is 0 Å². The fourth-order valence-electron chi connectivity index (χ4n) is 7.15. The van der Waals surface area contributed by atoms with Crippen molar-refractivity contribution < 1.29 is 14.3 Å². The zero-order valence-electron chi connectivity index (χ0n) is 25.6. The van der Waals surface area contributed by atoms with E-state index in [0.717, 1.165) is 64.1 Å². The van der Waals surface area contributed by atoms with Crippen LogP contribution in [0.25, 0.3) is 0 Å². The summed E-state index contributed by atoms with van der Waals surface area (Å²) >= 11 is 0. The Balaban J connectivity index is 1.08. The highest BCUT2D eigenvalue weighted by Crippen LogP contribution is 2.46. The van der Waals surface area contributed by atoms with Gasteiger partial charge in [0.1, 0.15) is 17.5 Å². The summed E-state index contributed by atoms with van der Waals surface area (Å²) in [4.78, 5) is 42.1. The molecular formula is C32H42N8O3. The van der Waals surface area contributed by atoms with Crippen LogP contribution in [0.2, 0.25) is 0 Å². The summed E-state index contributed by atoms with van der Waals surface area (Å²) < 4.78 is 5.58. The van der Waals surface area contributed by atoms with Gasteiger partial charge in [-0.15, -0.1) is 0 Å². The standard InChI is InChI=1S/C32H42N8O3/c1-32(2,3)43-31(42)39-18-23-14-22(15-24(23)19-39)21-7-9-25(10-8-21)35-29-27(16-33)34-17-28(36-29)38-11-5-6-26(20-38)40-13-12-37(4)30(40)41/h7-10,17,22-24,26H,5-6,11-15,18-20H2,1-4H3,(H,35,36)/t22?,23-,24+,26?. The first-order valence-electron chi connectivity index (χ1n) is 15.5. The first kappa shape index (κ1) is 29.0. The van der Waals surface area contributed by atoms with Crippen molar-refractivity contribution in [3.63, 3.8) is 0 Å². The molecule has 3 aliphatic heterocycles. The Labute approximate surface area is 253 Å². The van der Waals surface area contributed by atoms with E-state index in [2.05, 4.69) is 33.4 Å². The van der Waals surface area contributed by atoms with Crippen molar-refractivity contribution >= 4 is 29.4 Å². The molecule has 4 atom stereocenters. The fraction of sp³-hybridized carbons (Fsp3) is 0.594. The summed E-state index contributed by atoms with van der Waals surface area (Å²) in [5.41, 5.74) is 1.92. The molecule has 4 aliphatic rings. The molecule has 1 aromatic heterocycles. The molecule has 0 radical (unpaired) electrons. The van der Waals surface area contributed by atoms with Crippen molar-refractivity contribution in [1.29, 1.82) is 5.26 Å². The van der Waals surface area contributed by atoms with Gasteiger partial charge in [-0.1, -0.05) is 12.1 Å². The minimum absolute atomic E-state index is 0.0900. The average Bonchev–Trinajstić information content (AvgIpc) is 3.66. The Hall–Kier alpha value is -4.07. The molecule has 1 N–H and O–H groups in total. The lowest BCUT2D eigenvalue weighted by Crippen LogP contribution is -2.49. The second-order valence-electron chi connectivity index (χ2n) is 13.5. The maximum atomic E-state index is 12.6. The number of rotatable bonds is 5. The monoisotopic (exact) mass is 586 g/mol. The Morgan fingerprint density at radius 1 is 1.07 bits per heavy atom. The van der Waals surface area contributed by atoms with Gasteiger partial charge in [-0.2, -0.15) is 5.26 Å². The van der Waals surface area contributed by atoms with Gasteiger partial charge in [0.25, 0.3) is 0 Å². The van der Waals surface area contributed by atoms with E-state index in [0.29, 0.717) is 35.9 Å². The number of aromatic nitrogens is 2. The maximum Gasteiger partial charge on any atom is 0.410 e. The largest absolute Gasteiger partial charge is 0.444 e. The number of ether oxygens (including phenoxy) is 1. The number of benzene rings is 1. The van der Waals surface area contributed by atoms with Gasteiger partial charge in [0, 0.05) is 52.0 Å². The Morgan fingerprint density at radius 2 is 1.79 bits per heavy atom. The van der Waals surface area contributed by atoms with E-state index in [9.17, 15) is 14.9 Å². The molecule has 11 nitrogen and oxygen atoms in total. The number of likely N-dealkylation sites (tertiary alicyclic amines) is 1. The summed E-state index contributed by atoms with van der Waals surface area (Å²) in [5, 5.41) is 13.0. The molecule has 6 rings (SSSR count). The molecule has 11 heteroatoms. The van der Waals surface area contributed by atoms with Crippen molar-refractivity contribution in [3.8, 4) is 6.07 Å². The number of carbonyl (C=O) groups excluding carboxylic acids is 2.